The van der Waals surface area contributed by atoms with Crippen LogP contribution in [0, 0.1) is 11.8 Å². The van der Waals surface area contributed by atoms with Crippen LogP contribution in [0.2, 0.25) is 0 Å². The number of carbonyl (C=O) groups is 2. The maximum atomic E-state index is 13.3. The van der Waals surface area contributed by atoms with Crippen molar-refractivity contribution in [1.29, 1.82) is 0 Å². The molecule has 0 bridgehead atoms. The van der Waals surface area contributed by atoms with Gasteiger partial charge in [-0.2, -0.15) is 0 Å². The second-order valence-electron chi connectivity index (χ2n) is 10.0. The lowest BCUT2D eigenvalue weighted by Crippen LogP contribution is -2.20. The molecule has 4 unspecified atom stereocenters. The van der Waals surface area contributed by atoms with E-state index in [1.165, 1.54) is 6.34 Å². The van der Waals surface area contributed by atoms with Crippen molar-refractivity contribution >= 4 is 42.0 Å². The van der Waals surface area contributed by atoms with Gasteiger partial charge in [0.05, 0.1) is 23.3 Å². The van der Waals surface area contributed by atoms with Gasteiger partial charge in [-0.25, -0.2) is 9.98 Å². The number of amides is 2. The summed E-state index contributed by atoms with van der Waals surface area (Å²) in [7, 11) is 0. The van der Waals surface area contributed by atoms with Crippen molar-refractivity contribution in [3.63, 3.8) is 0 Å². The van der Waals surface area contributed by atoms with Crippen molar-refractivity contribution in [3.05, 3.63) is 83.0 Å². The van der Waals surface area contributed by atoms with Crippen LogP contribution in [0.1, 0.15) is 74.4 Å². The molecule has 0 aromatic heterocycles. The van der Waals surface area contributed by atoms with Crippen molar-refractivity contribution in [2.75, 3.05) is 11.9 Å². The molecule has 0 spiro atoms. The summed E-state index contributed by atoms with van der Waals surface area (Å²) in [6.45, 7) is 14.5. The molecule has 0 aliphatic heterocycles. The number of anilines is 1. The first-order chi connectivity index (χ1) is 18.7. The second kappa shape index (κ2) is 13.6. The Bertz CT molecular complexity index is 1340. The highest BCUT2D eigenvalue weighted by molar-refractivity contribution is 6.13. The lowest BCUT2D eigenvalue weighted by Gasteiger charge is -2.28. The number of rotatable bonds is 9. The van der Waals surface area contributed by atoms with E-state index in [0.717, 1.165) is 34.5 Å². The van der Waals surface area contributed by atoms with Crippen LogP contribution in [-0.4, -0.2) is 37.1 Å². The van der Waals surface area contributed by atoms with Crippen LogP contribution in [0.15, 0.2) is 81.2 Å². The van der Waals surface area contributed by atoms with Crippen LogP contribution in [0.25, 0.3) is 0 Å². The van der Waals surface area contributed by atoms with E-state index >= 15 is 0 Å². The Morgan fingerprint density at radius 3 is 2.59 bits per heavy atom. The number of nitrogens with zero attached hydrogens (tertiary/aromatic N) is 3. The zero-order valence-corrected chi connectivity index (χ0v) is 23.5. The average molecular weight is 526 g/mol. The molecule has 0 fully saturated rings. The van der Waals surface area contributed by atoms with E-state index in [1.54, 1.807) is 6.07 Å². The molecule has 3 rings (SSSR count). The first-order valence-electron chi connectivity index (χ1n) is 13.4. The van der Waals surface area contributed by atoms with Gasteiger partial charge in [0.25, 0.3) is 11.8 Å². The lowest BCUT2D eigenvalue weighted by molar-refractivity contribution is -0.113. The Morgan fingerprint density at radius 1 is 1.15 bits per heavy atom. The van der Waals surface area contributed by atoms with Crippen LogP contribution in [-0.2, 0) is 4.79 Å². The summed E-state index contributed by atoms with van der Waals surface area (Å²) in [6, 6.07) is 13.5. The third kappa shape index (κ3) is 7.05. The summed E-state index contributed by atoms with van der Waals surface area (Å²) in [4.78, 5) is 38.0. The topological polar surface area (TPSA) is 109 Å². The predicted octanol–water partition coefficient (Wildman–Crippen LogP) is 6.61. The first kappa shape index (κ1) is 29.4. The Morgan fingerprint density at radius 2 is 1.90 bits per heavy atom. The van der Waals surface area contributed by atoms with Gasteiger partial charge < -0.3 is 11.1 Å². The van der Waals surface area contributed by atoms with Crippen molar-refractivity contribution in [1.82, 2.24) is 0 Å². The highest BCUT2D eigenvalue weighted by Gasteiger charge is 2.26. The molecule has 1 aliphatic rings. The van der Waals surface area contributed by atoms with Gasteiger partial charge in [-0.15, -0.1) is 0 Å². The molecule has 2 aromatic rings. The fourth-order valence-electron chi connectivity index (χ4n) is 4.97. The summed E-state index contributed by atoms with van der Waals surface area (Å²) >= 11 is 0. The van der Waals surface area contributed by atoms with Crippen LogP contribution in [0.5, 0.6) is 0 Å². The molecule has 204 valence electrons. The minimum absolute atomic E-state index is 0.0512. The number of nitrogens with one attached hydrogen (secondary N) is 1. The molecule has 1 aliphatic carbocycles. The Hall–Kier alpha value is -4.13. The normalized spacial score (nSPS) is 18.7. The molecular formula is C32H39N5O2. The smallest absolute Gasteiger partial charge is 0.278 e. The van der Waals surface area contributed by atoms with Crippen LogP contribution in [0.4, 0.5) is 11.4 Å². The Kier molecular flexibility index (Phi) is 10.3. The summed E-state index contributed by atoms with van der Waals surface area (Å²) in [5, 5.41) is 3.10. The van der Waals surface area contributed by atoms with Gasteiger partial charge in [0.1, 0.15) is 0 Å². The zero-order valence-electron chi connectivity index (χ0n) is 23.5. The van der Waals surface area contributed by atoms with E-state index in [2.05, 4.69) is 66.8 Å². The molecule has 0 saturated carbocycles. The molecule has 2 amide bonds. The molecule has 0 radical (unpaired) electrons. The van der Waals surface area contributed by atoms with Gasteiger partial charge in [-0.3, -0.25) is 14.6 Å². The van der Waals surface area contributed by atoms with Crippen LogP contribution in [0.3, 0.4) is 0 Å². The van der Waals surface area contributed by atoms with Gasteiger partial charge in [0.15, 0.2) is 0 Å². The number of para-hydroxylation sites is 1. The third-order valence-corrected chi connectivity index (χ3v) is 7.60. The third-order valence-electron chi connectivity index (χ3n) is 7.60. The fourth-order valence-corrected chi connectivity index (χ4v) is 4.97. The quantitative estimate of drug-likeness (QED) is 0.284. The summed E-state index contributed by atoms with van der Waals surface area (Å²) in [6.07, 6.45) is 7.94. The monoisotopic (exact) mass is 525 g/mol. The predicted molar refractivity (Wildman–Crippen MR) is 163 cm³/mol. The Labute approximate surface area is 231 Å². The maximum absolute atomic E-state index is 13.3. The van der Waals surface area contributed by atoms with E-state index in [9.17, 15) is 9.59 Å². The largest absolute Gasteiger partial charge is 0.390 e. The highest BCUT2D eigenvalue weighted by atomic mass is 16.2. The number of hydrogen-bond acceptors (Lipinski definition) is 4. The van der Waals surface area contributed by atoms with Crippen molar-refractivity contribution < 1.29 is 9.59 Å². The second-order valence-corrected chi connectivity index (χ2v) is 10.0. The fraction of sp³-hybridized carbons (Fsp3) is 0.344. The zero-order chi connectivity index (χ0) is 28.5. The van der Waals surface area contributed by atoms with Gasteiger partial charge >= 0.3 is 0 Å². The first-order valence-corrected chi connectivity index (χ1v) is 13.4. The van der Waals surface area contributed by atoms with E-state index < -0.39 is 5.91 Å². The number of carbonyl (C=O) groups excluding carboxylic acids is 2. The van der Waals surface area contributed by atoms with Crippen LogP contribution >= 0.6 is 0 Å². The molecule has 7 nitrogen and oxygen atoms in total. The van der Waals surface area contributed by atoms with Gasteiger partial charge in [-0.05, 0) is 85.2 Å². The van der Waals surface area contributed by atoms with Crippen LogP contribution < -0.4 is 11.1 Å². The maximum Gasteiger partial charge on any atom is 0.278 e. The van der Waals surface area contributed by atoms with Gasteiger partial charge in [0.2, 0.25) is 0 Å². The van der Waals surface area contributed by atoms with E-state index in [-0.39, 0.29) is 29.6 Å². The highest BCUT2D eigenvalue weighted by Crippen LogP contribution is 2.40. The standard InChI is InChI=1S/C32H39N5O2/c1-7-35-25-13-8-11-20(2)29(18-25)32(39)37-26-14-9-12-24(17-26)22(4)21(3)23(5)27-15-10-16-28(31(38)34-6)30(27)36-19-33/h8-10,12-23H,6-7,11H2,1-5H3,(H2,33,36)(H,37,39). The van der Waals surface area contributed by atoms with Crippen molar-refractivity contribution in [2.45, 2.75) is 52.9 Å². The molecule has 2 aromatic carbocycles. The Balaban J connectivity index is 1.84. The molecule has 0 heterocycles. The molecule has 7 heteroatoms. The molecule has 39 heavy (non-hydrogen) atoms. The minimum Gasteiger partial charge on any atom is -0.390 e. The summed E-state index contributed by atoms with van der Waals surface area (Å²) < 4.78 is 0. The number of aliphatic imine (C=N–C) groups is 3. The molecular weight excluding hydrogens is 486 g/mol. The van der Waals surface area contributed by atoms with Gasteiger partial charge in [-0.1, -0.05) is 58.0 Å². The number of benzene rings is 2. The SMILES string of the molecule is C=NC(=O)c1cccc(C(C)C(C)C(C)c2cccc(NC(=O)C3=CC(=NCC)C=CCC3C)c2)c1N=CN. The number of nitrogens with two attached hydrogens (primary N) is 1. The summed E-state index contributed by atoms with van der Waals surface area (Å²) in [5.41, 5.74) is 10.8. The average Bonchev–Trinajstić information content (AvgIpc) is 3.13. The molecule has 3 N–H and O–H groups in total. The van der Waals surface area contributed by atoms with E-state index in [0.29, 0.717) is 17.8 Å². The number of allylic oxidation sites excluding steroid dienone is 3. The molecule has 0 saturated heterocycles. The van der Waals surface area contributed by atoms with Gasteiger partial charge in [0, 0.05) is 17.8 Å². The lowest BCUT2D eigenvalue weighted by atomic mass is 9.77. The van der Waals surface area contributed by atoms with Crippen molar-refractivity contribution in [2.24, 2.45) is 32.5 Å². The van der Waals surface area contributed by atoms with Crippen molar-refractivity contribution in [3.8, 4) is 0 Å². The molecule has 4 atom stereocenters. The van der Waals surface area contributed by atoms with E-state index in [4.69, 9.17) is 5.73 Å². The van der Waals surface area contributed by atoms with E-state index in [1.807, 2.05) is 49.4 Å². The number of hydrogen-bond donors (Lipinski definition) is 2. The summed E-state index contributed by atoms with van der Waals surface area (Å²) in [5.74, 6) is -0.0768. The minimum atomic E-state index is -0.434.